The fourth-order valence-electron chi connectivity index (χ4n) is 6.81. The van der Waals surface area contributed by atoms with Gasteiger partial charge in [0.25, 0.3) is 0 Å². The van der Waals surface area contributed by atoms with Gasteiger partial charge in [0.05, 0.1) is 0 Å². The lowest BCUT2D eigenvalue weighted by molar-refractivity contribution is -0.0596. The van der Waals surface area contributed by atoms with Crippen LogP contribution in [-0.2, 0) is 6.42 Å². The number of aromatic nitrogens is 1. The van der Waals surface area contributed by atoms with E-state index in [2.05, 4.69) is 28.2 Å². The Morgan fingerprint density at radius 3 is 2.48 bits per heavy atom. The van der Waals surface area contributed by atoms with Crippen molar-refractivity contribution in [3.63, 3.8) is 0 Å². The Hall–Kier alpha value is -1.58. The molecule has 4 saturated carbocycles. The number of amides is 2. The van der Waals surface area contributed by atoms with E-state index in [-0.39, 0.29) is 6.03 Å². The minimum atomic E-state index is 0.134. The molecule has 4 heteroatoms. The molecule has 4 fully saturated rings. The van der Waals surface area contributed by atoms with Crippen molar-refractivity contribution in [2.75, 3.05) is 19.6 Å². The van der Waals surface area contributed by atoms with Crippen LogP contribution in [0.1, 0.15) is 76.7 Å². The summed E-state index contributed by atoms with van der Waals surface area (Å²) in [7, 11) is 0. The van der Waals surface area contributed by atoms with E-state index in [4.69, 9.17) is 0 Å². The molecule has 4 aliphatic rings. The first-order valence-electron chi connectivity index (χ1n) is 12.1. The summed E-state index contributed by atoms with van der Waals surface area (Å²) in [5, 5.41) is 3.18. The van der Waals surface area contributed by atoms with Gasteiger partial charge in [-0.2, -0.15) is 0 Å². The first-order valence-corrected chi connectivity index (χ1v) is 12.1. The van der Waals surface area contributed by atoms with Gasteiger partial charge in [0, 0.05) is 32.0 Å². The minimum Gasteiger partial charge on any atom is -0.338 e. The predicted molar refractivity (Wildman–Crippen MR) is 118 cm³/mol. The van der Waals surface area contributed by atoms with Gasteiger partial charge >= 0.3 is 6.03 Å². The quantitative estimate of drug-likeness (QED) is 0.535. The summed E-state index contributed by atoms with van der Waals surface area (Å²) in [5.74, 6) is 2.97. The number of carbonyl (C=O) groups excluding carboxylic acids is 1. The maximum Gasteiger partial charge on any atom is 0.317 e. The average Bonchev–Trinajstić information content (AvgIpc) is 2.70. The van der Waals surface area contributed by atoms with E-state index in [9.17, 15) is 4.79 Å². The second-order valence-electron chi connectivity index (χ2n) is 10.2. The number of unbranched alkanes of at least 4 members (excludes halogenated alkanes) is 2. The summed E-state index contributed by atoms with van der Waals surface area (Å²) < 4.78 is 0. The van der Waals surface area contributed by atoms with Crippen LogP contribution in [0.3, 0.4) is 0 Å². The van der Waals surface area contributed by atoms with Crippen LogP contribution in [0.15, 0.2) is 24.5 Å². The Bertz CT molecular complexity index is 624. The second kappa shape index (κ2) is 9.49. The van der Waals surface area contributed by atoms with Crippen molar-refractivity contribution in [1.82, 2.24) is 15.2 Å². The molecule has 0 spiro atoms. The van der Waals surface area contributed by atoms with Crippen molar-refractivity contribution in [3.8, 4) is 0 Å². The molecule has 29 heavy (non-hydrogen) atoms. The first kappa shape index (κ1) is 20.7. The van der Waals surface area contributed by atoms with E-state index in [0.29, 0.717) is 12.0 Å². The van der Waals surface area contributed by atoms with E-state index in [1.165, 1.54) is 63.4 Å². The molecule has 1 aromatic rings. The molecular formula is C25H39N3O. The number of urea groups is 1. The second-order valence-corrected chi connectivity index (χ2v) is 10.2. The molecule has 5 rings (SSSR count). The van der Waals surface area contributed by atoms with Gasteiger partial charge in [0.15, 0.2) is 0 Å². The molecule has 0 unspecified atom stereocenters. The van der Waals surface area contributed by atoms with Crippen molar-refractivity contribution >= 4 is 6.03 Å². The topological polar surface area (TPSA) is 45.2 Å². The molecular weight excluding hydrogens is 358 g/mol. The molecule has 4 bridgehead atoms. The van der Waals surface area contributed by atoms with E-state index >= 15 is 0 Å². The highest BCUT2D eigenvalue weighted by molar-refractivity contribution is 5.74. The zero-order valence-corrected chi connectivity index (χ0v) is 18.2. The summed E-state index contributed by atoms with van der Waals surface area (Å²) >= 11 is 0. The molecule has 0 aromatic carbocycles. The third kappa shape index (κ3) is 5.32. The van der Waals surface area contributed by atoms with E-state index in [1.807, 2.05) is 12.3 Å². The zero-order chi connectivity index (χ0) is 20.1. The number of hydrogen-bond donors (Lipinski definition) is 1. The SMILES string of the molecule is CCCCCN(CCC12CC3CC(CC(C3)C1)C2)C(=O)NCCc1cccnc1. The van der Waals surface area contributed by atoms with Crippen molar-refractivity contribution in [2.24, 2.45) is 23.2 Å². The van der Waals surface area contributed by atoms with Crippen LogP contribution < -0.4 is 5.32 Å². The fourth-order valence-corrected chi connectivity index (χ4v) is 6.81. The van der Waals surface area contributed by atoms with E-state index in [1.54, 1.807) is 6.20 Å². The highest BCUT2D eigenvalue weighted by Gasteiger charge is 2.50. The third-order valence-electron chi connectivity index (χ3n) is 7.81. The number of pyridine rings is 1. The van der Waals surface area contributed by atoms with Crippen molar-refractivity contribution in [3.05, 3.63) is 30.1 Å². The first-order chi connectivity index (χ1) is 14.2. The fraction of sp³-hybridized carbons (Fsp3) is 0.760. The van der Waals surface area contributed by atoms with Gasteiger partial charge in [-0.25, -0.2) is 4.79 Å². The molecule has 160 valence electrons. The molecule has 1 N–H and O–H groups in total. The lowest BCUT2D eigenvalue weighted by Crippen LogP contribution is -2.48. The van der Waals surface area contributed by atoms with Crippen molar-refractivity contribution in [2.45, 2.75) is 77.6 Å². The number of hydrogen-bond acceptors (Lipinski definition) is 2. The summed E-state index contributed by atoms with van der Waals surface area (Å²) in [4.78, 5) is 19.2. The standard InChI is InChI=1S/C25H39N3O/c1-2-3-4-11-28(24(29)27-10-7-20-6-5-9-26-19-20)12-8-25-16-21-13-22(17-25)15-23(14-21)18-25/h5-6,9,19,21-23H,2-4,7-8,10-18H2,1H3,(H,27,29). The zero-order valence-electron chi connectivity index (χ0n) is 18.2. The number of nitrogens with one attached hydrogen (secondary N) is 1. The molecule has 0 saturated heterocycles. The Labute approximate surface area is 176 Å². The van der Waals surface area contributed by atoms with E-state index in [0.717, 1.165) is 43.7 Å². The molecule has 1 heterocycles. The monoisotopic (exact) mass is 397 g/mol. The molecule has 4 aliphatic carbocycles. The largest absolute Gasteiger partial charge is 0.338 e. The average molecular weight is 398 g/mol. The maximum absolute atomic E-state index is 12.9. The van der Waals surface area contributed by atoms with Crippen LogP contribution in [-0.4, -0.2) is 35.5 Å². The van der Waals surface area contributed by atoms with Gasteiger partial charge in [-0.15, -0.1) is 0 Å². The third-order valence-corrected chi connectivity index (χ3v) is 7.81. The van der Waals surface area contributed by atoms with Crippen LogP contribution in [0.4, 0.5) is 4.79 Å². The summed E-state index contributed by atoms with van der Waals surface area (Å²) in [5.41, 5.74) is 1.73. The van der Waals surface area contributed by atoms with Gasteiger partial charge in [0.1, 0.15) is 0 Å². The lowest BCUT2D eigenvalue weighted by atomic mass is 9.49. The number of nitrogens with zero attached hydrogens (tertiary/aromatic N) is 2. The summed E-state index contributed by atoms with van der Waals surface area (Å²) in [6.07, 6.45) is 18.1. The maximum atomic E-state index is 12.9. The molecule has 0 atom stereocenters. The van der Waals surface area contributed by atoms with Crippen LogP contribution in [0.2, 0.25) is 0 Å². The summed E-state index contributed by atoms with van der Waals surface area (Å²) in [6, 6.07) is 4.17. The molecule has 1 aromatic heterocycles. The van der Waals surface area contributed by atoms with Crippen LogP contribution >= 0.6 is 0 Å². The Kier molecular flexibility index (Phi) is 6.77. The smallest absolute Gasteiger partial charge is 0.317 e. The Morgan fingerprint density at radius 1 is 1.14 bits per heavy atom. The highest BCUT2D eigenvalue weighted by Crippen LogP contribution is 2.61. The predicted octanol–water partition coefficient (Wildman–Crippen LogP) is 5.43. The number of rotatable bonds is 10. The van der Waals surface area contributed by atoms with Gasteiger partial charge in [0.2, 0.25) is 0 Å². The van der Waals surface area contributed by atoms with Crippen LogP contribution in [0.25, 0.3) is 0 Å². The van der Waals surface area contributed by atoms with Gasteiger partial charge in [-0.05, 0) is 92.6 Å². The highest BCUT2D eigenvalue weighted by atomic mass is 16.2. The van der Waals surface area contributed by atoms with E-state index < -0.39 is 0 Å². The van der Waals surface area contributed by atoms with Gasteiger partial charge < -0.3 is 10.2 Å². The summed E-state index contributed by atoms with van der Waals surface area (Å²) in [6.45, 7) is 4.76. The molecule has 2 amide bonds. The van der Waals surface area contributed by atoms with Crippen LogP contribution in [0.5, 0.6) is 0 Å². The lowest BCUT2D eigenvalue weighted by Gasteiger charge is -2.57. The molecule has 0 radical (unpaired) electrons. The Morgan fingerprint density at radius 2 is 1.86 bits per heavy atom. The molecule has 0 aliphatic heterocycles. The number of carbonyl (C=O) groups is 1. The van der Waals surface area contributed by atoms with Crippen molar-refractivity contribution in [1.29, 1.82) is 0 Å². The van der Waals surface area contributed by atoms with Crippen molar-refractivity contribution < 1.29 is 4.79 Å². The Balaban J connectivity index is 1.29. The van der Waals surface area contributed by atoms with Crippen LogP contribution in [0, 0.1) is 23.2 Å². The molecule has 4 nitrogen and oxygen atoms in total. The normalized spacial score (nSPS) is 29.8. The van der Waals surface area contributed by atoms with Gasteiger partial charge in [-0.3, -0.25) is 4.98 Å². The van der Waals surface area contributed by atoms with Gasteiger partial charge in [-0.1, -0.05) is 25.8 Å². The minimum absolute atomic E-state index is 0.134.